The first-order valence-corrected chi connectivity index (χ1v) is 6.25. The van der Waals surface area contributed by atoms with Crippen molar-refractivity contribution in [3.05, 3.63) is 0 Å². The highest BCUT2D eigenvalue weighted by molar-refractivity contribution is 4.86. The predicted molar refractivity (Wildman–Crippen MR) is 59.3 cm³/mol. The third-order valence-corrected chi connectivity index (χ3v) is 3.42. The van der Waals surface area contributed by atoms with E-state index in [0.717, 1.165) is 19.3 Å². The Morgan fingerprint density at radius 1 is 1.31 bits per heavy atom. The second kappa shape index (κ2) is 5.89. The molecule has 0 spiro atoms. The average molecular weight is 237 g/mol. The van der Waals surface area contributed by atoms with Crippen LogP contribution in [0.25, 0.3) is 0 Å². The van der Waals surface area contributed by atoms with Gasteiger partial charge in [0.1, 0.15) is 6.04 Å². The zero-order chi connectivity index (χ0) is 12.2. The molecule has 0 heterocycles. The largest absolute Gasteiger partial charge is 0.404 e. The molecule has 1 fully saturated rings. The maximum Gasteiger partial charge on any atom is 0.404 e. The monoisotopic (exact) mass is 237 g/mol. The van der Waals surface area contributed by atoms with Gasteiger partial charge in [0.2, 0.25) is 0 Å². The summed E-state index contributed by atoms with van der Waals surface area (Å²) in [5.74, 6) is 0.210. The Balaban J connectivity index is 2.60. The standard InChI is InChI=1S/C12H22F3N/c1-3-7-16-11(12(13,14)15)10-6-4-5-9(2)8-10/h9-11,16H,3-8H2,1-2H3. The van der Waals surface area contributed by atoms with E-state index < -0.39 is 12.2 Å². The topological polar surface area (TPSA) is 12.0 Å². The van der Waals surface area contributed by atoms with E-state index in [1.54, 1.807) is 0 Å². The lowest BCUT2D eigenvalue weighted by Crippen LogP contribution is -2.49. The number of halogens is 3. The van der Waals surface area contributed by atoms with E-state index in [2.05, 4.69) is 12.2 Å². The number of hydrogen-bond acceptors (Lipinski definition) is 1. The van der Waals surface area contributed by atoms with E-state index in [9.17, 15) is 13.2 Å². The third kappa shape index (κ3) is 3.96. The van der Waals surface area contributed by atoms with Crippen molar-refractivity contribution in [3.8, 4) is 0 Å². The quantitative estimate of drug-likeness (QED) is 0.785. The number of hydrogen-bond donors (Lipinski definition) is 1. The van der Waals surface area contributed by atoms with Crippen LogP contribution in [0.1, 0.15) is 46.0 Å². The van der Waals surface area contributed by atoms with Crippen molar-refractivity contribution < 1.29 is 13.2 Å². The molecule has 1 N–H and O–H groups in total. The molecule has 96 valence electrons. The molecule has 0 radical (unpaired) electrons. The first-order chi connectivity index (χ1) is 7.45. The van der Waals surface area contributed by atoms with E-state index in [1.807, 2.05) is 6.92 Å². The van der Waals surface area contributed by atoms with Gasteiger partial charge < -0.3 is 5.32 Å². The Bertz CT molecular complexity index is 203. The molecule has 16 heavy (non-hydrogen) atoms. The minimum absolute atomic E-state index is 0.227. The highest BCUT2D eigenvalue weighted by atomic mass is 19.4. The normalized spacial score (nSPS) is 29.1. The minimum Gasteiger partial charge on any atom is -0.306 e. The van der Waals surface area contributed by atoms with Crippen LogP contribution in [0.3, 0.4) is 0 Å². The molecular formula is C12H22F3N. The van der Waals surface area contributed by atoms with Gasteiger partial charge in [-0.25, -0.2) is 0 Å². The molecule has 0 aromatic carbocycles. The van der Waals surface area contributed by atoms with E-state index >= 15 is 0 Å². The lowest BCUT2D eigenvalue weighted by atomic mass is 9.78. The van der Waals surface area contributed by atoms with Gasteiger partial charge in [-0.1, -0.05) is 26.7 Å². The molecule has 0 aromatic rings. The summed E-state index contributed by atoms with van der Waals surface area (Å²) in [6.45, 7) is 4.40. The second-order valence-corrected chi connectivity index (χ2v) is 5.01. The lowest BCUT2D eigenvalue weighted by Gasteiger charge is -2.34. The summed E-state index contributed by atoms with van der Waals surface area (Å²) >= 11 is 0. The summed E-state index contributed by atoms with van der Waals surface area (Å²) in [5.41, 5.74) is 0. The molecule has 0 aliphatic heterocycles. The van der Waals surface area contributed by atoms with E-state index in [4.69, 9.17) is 0 Å². The maximum atomic E-state index is 12.9. The molecule has 3 unspecified atom stereocenters. The van der Waals surface area contributed by atoms with E-state index in [1.165, 1.54) is 0 Å². The number of nitrogens with one attached hydrogen (secondary N) is 1. The molecule has 0 saturated heterocycles. The predicted octanol–water partition coefficient (Wildman–Crippen LogP) is 3.74. The average Bonchev–Trinajstić information content (AvgIpc) is 2.16. The summed E-state index contributed by atoms with van der Waals surface area (Å²) in [6, 6.07) is -1.30. The van der Waals surface area contributed by atoms with E-state index in [-0.39, 0.29) is 5.92 Å². The maximum absolute atomic E-state index is 12.9. The first kappa shape index (κ1) is 13.8. The molecule has 1 nitrogen and oxygen atoms in total. The van der Waals surface area contributed by atoms with Crippen LogP contribution in [0.2, 0.25) is 0 Å². The minimum atomic E-state index is -4.10. The van der Waals surface area contributed by atoms with E-state index in [0.29, 0.717) is 25.3 Å². The highest BCUT2D eigenvalue weighted by Crippen LogP contribution is 2.36. The Morgan fingerprint density at radius 2 is 2.00 bits per heavy atom. The summed E-state index contributed by atoms with van der Waals surface area (Å²) in [7, 11) is 0. The Morgan fingerprint density at radius 3 is 2.50 bits per heavy atom. The smallest absolute Gasteiger partial charge is 0.306 e. The summed E-state index contributed by atoms with van der Waals surface area (Å²) in [6.07, 6.45) is 0.0823. The summed E-state index contributed by atoms with van der Waals surface area (Å²) in [5, 5.41) is 2.67. The molecule has 0 aromatic heterocycles. The van der Waals surface area contributed by atoms with Crippen molar-refractivity contribution in [2.45, 2.75) is 58.2 Å². The molecular weight excluding hydrogens is 215 g/mol. The molecule has 1 aliphatic rings. The fraction of sp³-hybridized carbons (Fsp3) is 1.00. The lowest BCUT2D eigenvalue weighted by molar-refractivity contribution is -0.171. The van der Waals surface area contributed by atoms with Gasteiger partial charge in [0, 0.05) is 0 Å². The van der Waals surface area contributed by atoms with Crippen molar-refractivity contribution in [2.75, 3.05) is 6.54 Å². The molecule has 3 atom stereocenters. The Kier molecular flexibility index (Phi) is 5.09. The second-order valence-electron chi connectivity index (χ2n) is 5.01. The summed E-state index contributed by atoms with van der Waals surface area (Å²) in [4.78, 5) is 0. The fourth-order valence-corrected chi connectivity index (χ4v) is 2.63. The van der Waals surface area contributed by atoms with Crippen LogP contribution in [-0.4, -0.2) is 18.8 Å². The molecule has 1 aliphatic carbocycles. The van der Waals surface area contributed by atoms with Gasteiger partial charge in [0.05, 0.1) is 0 Å². The zero-order valence-corrected chi connectivity index (χ0v) is 10.1. The van der Waals surface area contributed by atoms with Crippen molar-refractivity contribution in [1.29, 1.82) is 0 Å². The molecule has 0 bridgehead atoms. The SMILES string of the molecule is CCCNC(C1CCCC(C)C1)C(F)(F)F. The van der Waals surface area contributed by atoms with Crippen molar-refractivity contribution in [3.63, 3.8) is 0 Å². The van der Waals surface area contributed by atoms with Crippen LogP contribution in [0, 0.1) is 11.8 Å². The first-order valence-electron chi connectivity index (χ1n) is 6.25. The van der Waals surface area contributed by atoms with Crippen molar-refractivity contribution >= 4 is 0 Å². The molecule has 4 heteroatoms. The van der Waals surface area contributed by atoms with Crippen molar-refractivity contribution in [1.82, 2.24) is 5.32 Å². The molecule has 1 rings (SSSR count). The van der Waals surface area contributed by atoms with Crippen LogP contribution in [0.4, 0.5) is 13.2 Å². The van der Waals surface area contributed by atoms with Gasteiger partial charge >= 0.3 is 6.18 Å². The Hall–Kier alpha value is -0.250. The summed E-state index contributed by atoms with van der Waals surface area (Å²) < 4.78 is 38.7. The van der Waals surface area contributed by atoms with Gasteiger partial charge in [-0.15, -0.1) is 0 Å². The van der Waals surface area contributed by atoms with Crippen LogP contribution in [-0.2, 0) is 0 Å². The fourth-order valence-electron chi connectivity index (χ4n) is 2.63. The van der Waals surface area contributed by atoms with Gasteiger partial charge in [-0.3, -0.25) is 0 Å². The van der Waals surface area contributed by atoms with Gasteiger partial charge in [0.15, 0.2) is 0 Å². The Labute approximate surface area is 95.8 Å². The van der Waals surface area contributed by atoms with Crippen LogP contribution < -0.4 is 5.32 Å². The van der Waals surface area contributed by atoms with Crippen LogP contribution in [0.5, 0.6) is 0 Å². The zero-order valence-electron chi connectivity index (χ0n) is 10.1. The molecule has 0 amide bonds. The molecule has 1 saturated carbocycles. The highest BCUT2D eigenvalue weighted by Gasteiger charge is 2.44. The third-order valence-electron chi connectivity index (χ3n) is 3.42. The van der Waals surface area contributed by atoms with Gasteiger partial charge in [-0.05, 0) is 37.6 Å². The van der Waals surface area contributed by atoms with Crippen LogP contribution >= 0.6 is 0 Å². The van der Waals surface area contributed by atoms with Crippen molar-refractivity contribution in [2.24, 2.45) is 11.8 Å². The van der Waals surface area contributed by atoms with Gasteiger partial charge in [-0.2, -0.15) is 13.2 Å². The number of rotatable bonds is 4. The van der Waals surface area contributed by atoms with Gasteiger partial charge in [0.25, 0.3) is 0 Å². The van der Waals surface area contributed by atoms with Crippen LogP contribution in [0.15, 0.2) is 0 Å². The number of alkyl halides is 3.